The van der Waals surface area contributed by atoms with Gasteiger partial charge >= 0.3 is 0 Å². The number of amides is 2. The van der Waals surface area contributed by atoms with E-state index in [4.69, 9.17) is 0 Å². The summed E-state index contributed by atoms with van der Waals surface area (Å²) in [7, 11) is 0. The van der Waals surface area contributed by atoms with E-state index in [-0.39, 0.29) is 11.3 Å². The number of carbonyl (C=O) groups excluding carboxylic acids is 2. The lowest BCUT2D eigenvalue weighted by Gasteiger charge is -2.25. The van der Waals surface area contributed by atoms with Crippen LogP contribution in [0.3, 0.4) is 0 Å². The van der Waals surface area contributed by atoms with Crippen LogP contribution in [0.15, 0.2) is 78.1 Å². The Morgan fingerprint density at radius 2 is 1.71 bits per heavy atom. The van der Waals surface area contributed by atoms with Crippen molar-refractivity contribution >= 4 is 28.3 Å². The van der Waals surface area contributed by atoms with E-state index < -0.39 is 17.4 Å². The van der Waals surface area contributed by atoms with Crippen LogP contribution in [0, 0.1) is 0 Å². The predicted octanol–water partition coefficient (Wildman–Crippen LogP) is 5.77. The van der Waals surface area contributed by atoms with Crippen LogP contribution in [0.2, 0.25) is 0 Å². The molecule has 5 rings (SSSR count). The summed E-state index contributed by atoms with van der Waals surface area (Å²) in [5, 5.41) is 18.8. The number of hydrogen-bond acceptors (Lipinski definition) is 3. The molecule has 3 aromatic carbocycles. The van der Waals surface area contributed by atoms with Gasteiger partial charge < -0.3 is 15.7 Å². The highest BCUT2D eigenvalue weighted by Crippen LogP contribution is 2.34. The molecule has 1 aliphatic carbocycles. The third-order valence-electron chi connectivity index (χ3n) is 7.22. The van der Waals surface area contributed by atoms with Crippen LogP contribution in [-0.2, 0) is 16.0 Å². The Morgan fingerprint density at radius 1 is 1.00 bits per heavy atom. The Morgan fingerprint density at radius 3 is 2.44 bits per heavy atom. The molecule has 3 N–H and O–H groups in total. The van der Waals surface area contributed by atoms with Gasteiger partial charge in [0.1, 0.15) is 11.3 Å². The van der Waals surface area contributed by atoms with Crippen molar-refractivity contribution in [3.05, 3.63) is 89.2 Å². The van der Waals surface area contributed by atoms with E-state index in [2.05, 4.69) is 22.8 Å². The van der Waals surface area contributed by atoms with Gasteiger partial charge in [-0.05, 0) is 59.7 Å². The Hall–Kier alpha value is -3.60. The highest BCUT2D eigenvalue weighted by atomic mass is 16.3. The SMILES string of the molecule is CC1(Cc2ccc3ccccc3c2)NC(=O)C(C(=O)Nc2ccc(C3CCCCC3)cc2)=C1O. The minimum absolute atomic E-state index is 0.220. The molecule has 5 nitrogen and oxygen atoms in total. The van der Waals surface area contributed by atoms with Crippen LogP contribution in [-0.4, -0.2) is 22.5 Å². The first-order chi connectivity index (χ1) is 16.4. The number of hydrogen-bond donors (Lipinski definition) is 3. The Labute approximate surface area is 199 Å². The van der Waals surface area contributed by atoms with E-state index in [1.807, 2.05) is 54.6 Å². The molecule has 1 aliphatic heterocycles. The second kappa shape index (κ2) is 8.98. The van der Waals surface area contributed by atoms with Gasteiger partial charge in [-0.2, -0.15) is 0 Å². The summed E-state index contributed by atoms with van der Waals surface area (Å²) < 4.78 is 0. The van der Waals surface area contributed by atoms with Gasteiger partial charge in [0.25, 0.3) is 11.8 Å². The molecule has 34 heavy (non-hydrogen) atoms. The van der Waals surface area contributed by atoms with Crippen molar-refractivity contribution in [3.63, 3.8) is 0 Å². The normalized spacial score (nSPS) is 21.0. The molecule has 5 heteroatoms. The molecule has 3 aromatic rings. The molecule has 174 valence electrons. The fourth-order valence-corrected chi connectivity index (χ4v) is 5.32. The molecule has 2 amide bonds. The lowest BCUT2D eigenvalue weighted by molar-refractivity contribution is -0.121. The van der Waals surface area contributed by atoms with E-state index >= 15 is 0 Å². The van der Waals surface area contributed by atoms with Crippen molar-refractivity contribution in [3.8, 4) is 0 Å². The molecule has 1 heterocycles. The maximum atomic E-state index is 12.9. The second-order valence-corrected chi connectivity index (χ2v) is 9.78. The number of aliphatic hydroxyl groups is 1. The summed E-state index contributed by atoms with van der Waals surface area (Å²) in [4.78, 5) is 25.7. The van der Waals surface area contributed by atoms with E-state index in [0.717, 1.165) is 16.3 Å². The minimum Gasteiger partial charge on any atom is -0.509 e. The zero-order valence-corrected chi connectivity index (χ0v) is 19.4. The molecule has 1 atom stereocenters. The number of rotatable bonds is 5. The molecule has 0 aromatic heterocycles. The predicted molar refractivity (Wildman–Crippen MR) is 135 cm³/mol. The molecular formula is C29H30N2O3. The number of aliphatic hydroxyl groups excluding tert-OH is 1. The van der Waals surface area contributed by atoms with Gasteiger partial charge in [-0.1, -0.05) is 73.9 Å². The van der Waals surface area contributed by atoms with Crippen LogP contribution in [0.4, 0.5) is 5.69 Å². The van der Waals surface area contributed by atoms with Crippen molar-refractivity contribution in [1.29, 1.82) is 0 Å². The van der Waals surface area contributed by atoms with Crippen molar-refractivity contribution in [2.75, 3.05) is 5.32 Å². The lowest BCUT2D eigenvalue weighted by Crippen LogP contribution is -2.43. The molecule has 0 bridgehead atoms. The fourth-order valence-electron chi connectivity index (χ4n) is 5.32. The standard InChI is InChI=1S/C29H30N2O3/c1-29(18-19-11-12-21-9-5-6-10-23(21)17-19)26(32)25(28(34)31-29)27(33)30-24-15-13-22(14-16-24)20-7-3-2-4-8-20/h5-6,9-17,20,32H,2-4,7-8,18H2,1H3,(H,30,33)(H,31,34). The maximum Gasteiger partial charge on any atom is 0.264 e. The number of nitrogens with one attached hydrogen (secondary N) is 2. The number of fused-ring (bicyclic) bond motifs is 1. The lowest BCUT2D eigenvalue weighted by atomic mass is 9.84. The average Bonchev–Trinajstić information content (AvgIpc) is 3.07. The first kappa shape index (κ1) is 22.2. The highest BCUT2D eigenvalue weighted by molar-refractivity contribution is 6.24. The Kier molecular flexibility index (Phi) is 5.86. The van der Waals surface area contributed by atoms with E-state index in [1.165, 1.54) is 37.7 Å². The van der Waals surface area contributed by atoms with Crippen LogP contribution >= 0.6 is 0 Å². The van der Waals surface area contributed by atoms with Gasteiger partial charge in [-0.15, -0.1) is 0 Å². The van der Waals surface area contributed by atoms with Crippen molar-refractivity contribution < 1.29 is 14.7 Å². The van der Waals surface area contributed by atoms with Gasteiger partial charge in [-0.25, -0.2) is 0 Å². The topological polar surface area (TPSA) is 78.4 Å². The minimum atomic E-state index is -1.04. The summed E-state index contributed by atoms with van der Waals surface area (Å²) in [6.07, 6.45) is 6.64. The quantitative estimate of drug-likeness (QED) is 0.428. The van der Waals surface area contributed by atoms with Gasteiger partial charge in [0, 0.05) is 12.1 Å². The number of anilines is 1. The smallest absolute Gasteiger partial charge is 0.264 e. The summed E-state index contributed by atoms with van der Waals surface area (Å²) >= 11 is 0. The Balaban J connectivity index is 1.32. The molecular weight excluding hydrogens is 424 g/mol. The summed E-state index contributed by atoms with van der Waals surface area (Å²) in [5.74, 6) is -0.788. The van der Waals surface area contributed by atoms with Crippen LogP contribution in [0.25, 0.3) is 10.8 Å². The van der Waals surface area contributed by atoms with Crippen molar-refractivity contribution in [1.82, 2.24) is 5.32 Å². The zero-order valence-electron chi connectivity index (χ0n) is 19.4. The molecule has 2 aliphatic rings. The molecule has 0 radical (unpaired) electrons. The number of benzene rings is 3. The summed E-state index contributed by atoms with van der Waals surface area (Å²) in [5.41, 5.74) is 1.60. The zero-order chi connectivity index (χ0) is 23.7. The highest BCUT2D eigenvalue weighted by Gasteiger charge is 2.44. The summed E-state index contributed by atoms with van der Waals surface area (Å²) in [6, 6.07) is 22.0. The molecule has 1 saturated carbocycles. The van der Waals surface area contributed by atoms with Crippen LogP contribution in [0.5, 0.6) is 0 Å². The van der Waals surface area contributed by atoms with E-state index in [1.54, 1.807) is 6.92 Å². The number of carbonyl (C=O) groups is 2. The van der Waals surface area contributed by atoms with Gasteiger partial charge in [-0.3, -0.25) is 9.59 Å². The van der Waals surface area contributed by atoms with Crippen molar-refractivity contribution in [2.45, 2.75) is 56.9 Å². The fraction of sp³-hybridized carbons (Fsp3) is 0.310. The van der Waals surface area contributed by atoms with E-state index in [9.17, 15) is 14.7 Å². The van der Waals surface area contributed by atoms with Crippen molar-refractivity contribution in [2.24, 2.45) is 0 Å². The molecule has 1 unspecified atom stereocenters. The van der Waals surface area contributed by atoms with Gasteiger partial charge in [0.2, 0.25) is 0 Å². The van der Waals surface area contributed by atoms with Gasteiger partial charge in [0.15, 0.2) is 0 Å². The summed E-state index contributed by atoms with van der Waals surface area (Å²) in [6.45, 7) is 1.74. The second-order valence-electron chi connectivity index (χ2n) is 9.78. The first-order valence-electron chi connectivity index (χ1n) is 12.1. The molecule has 0 spiro atoms. The molecule has 0 saturated heterocycles. The monoisotopic (exact) mass is 454 g/mol. The third-order valence-corrected chi connectivity index (χ3v) is 7.22. The van der Waals surface area contributed by atoms with E-state index in [0.29, 0.717) is 18.0 Å². The average molecular weight is 455 g/mol. The maximum absolute atomic E-state index is 12.9. The third kappa shape index (κ3) is 4.30. The largest absolute Gasteiger partial charge is 0.509 e. The molecule has 1 fully saturated rings. The van der Waals surface area contributed by atoms with Crippen LogP contribution < -0.4 is 10.6 Å². The van der Waals surface area contributed by atoms with Crippen LogP contribution in [0.1, 0.15) is 56.1 Å². The Bertz CT molecular complexity index is 1270. The first-order valence-corrected chi connectivity index (χ1v) is 12.1. The van der Waals surface area contributed by atoms with Gasteiger partial charge in [0.05, 0.1) is 5.54 Å².